The van der Waals surface area contributed by atoms with Crippen molar-refractivity contribution in [1.29, 1.82) is 0 Å². The summed E-state index contributed by atoms with van der Waals surface area (Å²) in [6.45, 7) is 3.99. The van der Waals surface area contributed by atoms with Gasteiger partial charge in [-0.1, -0.05) is 62.7 Å². The molecule has 3 rings (SSSR count). The minimum atomic E-state index is -0.0369. The molecular weight excluding hydrogens is 284 g/mol. The summed E-state index contributed by atoms with van der Waals surface area (Å²) in [6, 6.07) is 15.1. The lowest BCUT2D eigenvalue weighted by molar-refractivity contribution is -0.156. The zero-order valence-electron chi connectivity index (χ0n) is 14.1. The van der Waals surface area contributed by atoms with Gasteiger partial charge in [-0.15, -0.1) is 0 Å². The van der Waals surface area contributed by atoms with Crippen LogP contribution in [-0.4, -0.2) is 12.1 Å². The van der Waals surface area contributed by atoms with E-state index in [1.54, 1.807) is 0 Å². The van der Waals surface area contributed by atoms with E-state index in [0.29, 0.717) is 5.92 Å². The van der Waals surface area contributed by atoms with E-state index in [-0.39, 0.29) is 18.0 Å². The quantitative estimate of drug-likeness (QED) is 0.701. The van der Waals surface area contributed by atoms with E-state index >= 15 is 0 Å². The molecule has 23 heavy (non-hydrogen) atoms. The van der Waals surface area contributed by atoms with Crippen LogP contribution in [0.15, 0.2) is 42.5 Å². The number of carbonyl (C=O) groups excluding carboxylic acids is 1. The second-order valence-corrected chi connectivity index (χ2v) is 6.78. The number of fused-ring (bicyclic) bond motifs is 1. The maximum atomic E-state index is 12.2. The Morgan fingerprint density at radius 1 is 1.13 bits per heavy atom. The van der Waals surface area contributed by atoms with Crippen molar-refractivity contribution in [3.8, 4) is 0 Å². The van der Waals surface area contributed by atoms with Crippen LogP contribution in [0.5, 0.6) is 0 Å². The van der Waals surface area contributed by atoms with Gasteiger partial charge in [-0.2, -0.15) is 0 Å². The molecule has 0 bridgehead atoms. The minimum Gasteiger partial charge on any atom is -0.462 e. The molecule has 0 saturated heterocycles. The Bertz CT molecular complexity index is 676. The molecule has 0 aromatic heterocycles. The molecule has 0 unspecified atom stereocenters. The molecule has 2 heteroatoms. The fourth-order valence-corrected chi connectivity index (χ4v) is 3.49. The molecule has 0 radical (unpaired) electrons. The lowest BCUT2D eigenvalue weighted by atomic mass is 9.81. The van der Waals surface area contributed by atoms with Gasteiger partial charge in [0.05, 0.1) is 5.92 Å². The highest BCUT2D eigenvalue weighted by molar-refractivity contribution is 5.83. The van der Waals surface area contributed by atoms with Crippen molar-refractivity contribution in [1.82, 2.24) is 0 Å². The Kier molecular flexibility index (Phi) is 5.00. The Hall–Kier alpha value is -1.83. The Balaban J connectivity index is 1.83. The molecule has 2 aromatic rings. The van der Waals surface area contributed by atoms with Crippen molar-refractivity contribution in [2.24, 2.45) is 5.92 Å². The molecule has 1 aliphatic carbocycles. The van der Waals surface area contributed by atoms with Crippen LogP contribution in [0, 0.1) is 5.92 Å². The van der Waals surface area contributed by atoms with Crippen molar-refractivity contribution in [3.05, 3.63) is 48.0 Å². The third-order valence-electron chi connectivity index (χ3n) is 5.19. The molecule has 2 aromatic carbocycles. The lowest BCUT2D eigenvalue weighted by Crippen LogP contribution is -2.30. The zero-order valence-corrected chi connectivity index (χ0v) is 14.1. The van der Waals surface area contributed by atoms with Gasteiger partial charge >= 0.3 is 5.97 Å². The molecule has 3 atom stereocenters. The van der Waals surface area contributed by atoms with Crippen molar-refractivity contribution in [3.63, 3.8) is 0 Å². The van der Waals surface area contributed by atoms with Gasteiger partial charge in [0.15, 0.2) is 0 Å². The Morgan fingerprint density at radius 2 is 1.87 bits per heavy atom. The number of carbonyl (C=O) groups is 1. The summed E-state index contributed by atoms with van der Waals surface area (Å²) in [4.78, 5) is 12.2. The molecule has 1 aliphatic rings. The average Bonchev–Trinajstić information content (AvgIpc) is 2.61. The maximum absolute atomic E-state index is 12.2. The fourth-order valence-electron chi connectivity index (χ4n) is 3.49. The van der Waals surface area contributed by atoms with Crippen molar-refractivity contribution in [2.45, 2.75) is 58.0 Å². The fraction of sp³-hybridized carbons (Fsp3) is 0.476. The highest BCUT2D eigenvalue weighted by Gasteiger charge is 2.30. The van der Waals surface area contributed by atoms with E-state index in [4.69, 9.17) is 4.74 Å². The number of ether oxygens (including phenoxy) is 1. The van der Waals surface area contributed by atoms with E-state index in [1.165, 1.54) is 22.8 Å². The molecule has 0 spiro atoms. The summed E-state index contributed by atoms with van der Waals surface area (Å²) in [6.07, 6.45) is 5.34. The van der Waals surface area contributed by atoms with E-state index < -0.39 is 0 Å². The Labute approximate surface area is 138 Å². The van der Waals surface area contributed by atoms with Gasteiger partial charge in [0.25, 0.3) is 0 Å². The van der Waals surface area contributed by atoms with Crippen molar-refractivity contribution < 1.29 is 9.53 Å². The SMILES string of the molecule is CC[C@H](C)C(=O)O[C@@H]1CCCC[C@H]1c1ccc2ccccc2c1. The predicted octanol–water partition coefficient (Wildman–Crippen LogP) is 5.46. The highest BCUT2D eigenvalue weighted by atomic mass is 16.5. The first kappa shape index (κ1) is 16.0. The first-order chi connectivity index (χ1) is 11.2. The van der Waals surface area contributed by atoms with Crippen LogP contribution >= 0.6 is 0 Å². The molecule has 1 saturated carbocycles. The number of rotatable bonds is 4. The second kappa shape index (κ2) is 7.16. The van der Waals surface area contributed by atoms with Gasteiger partial charge in [0.1, 0.15) is 6.10 Å². The molecule has 2 nitrogen and oxygen atoms in total. The van der Waals surface area contributed by atoms with Gasteiger partial charge < -0.3 is 4.74 Å². The zero-order chi connectivity index (χ0) is 16.2. The van der Waals surface area contributed by atoms with Gasteiger partial charge in [0, 0.05) is 5.92 Å². The van der Waals surface area contributed by atoms with Gasteiger partial charge in [-0.3, -0.25) is 4.79 Å². The molecule has 0 aliphatic heterocycles. The van der Waals surface area contributed by atoms with Crippen LogP contribution in [0.2, 0.25) is 0 Å². The van der Waals surface area contributed by atoms with Crippen LogP contribution in [0.25, 0.3) is 10.8 Å². The maximum Gasteiger partial charge on any atom is 0.308 e. The molecular formula is C21H26O2. The monoisotopic (exact) mass is 310 g/mol. The van der Waals surface area contributed by atoms with Crippen molar-refractivity contribution in [2.75, 3.05) is 0 Å². The molecule has 122 valence electrons. The summed E-state index contributed by atoms with van der Waals surface area (Å²) in [7, 11) is 0. The van der Waals surface area contributed by atoms with Gasteiger partial charge in [0.2, 0.25) is 0 Å². The molecule has 0 N–H and O–H groups in total. The largest absolute Gasteiger partial charge is 0.462 e. The van der Waals surface area contributed by atoms with Crippen LogP contribution in [0.3, 0.4) is 0 Å². The Morgan fingerprint density at radius 3 is 2.65 bits per heavy atom. The van der Waals surface area contributed by atoms with E-state index in [1.807, 2.05) is 13.8 Å². The van der Waals surface area contributed by atoms with Gasteiger partial charge in [-0.05, 0) is 42.0 Å². The second-order valence-electron chi connectivity index (χ2n) is 6.78. The van der Waals surface area contributed by atoms with E-state index in [0.717, 1.165) is 25.7 Å². The summed E-state index contributed by atoms with van der Waals surface area (Å²) in [5.74, 6) is 0.292. The average molecular weight is 310 g/mol. The first-order valence-electron chi connectivity index (χ1n) is 8.88. The van der Waals surface area contributed by atoms with Crippen molar-refractivity contribution >= 4 is 16.7 Å². The van der Waals surface area contributed by atoms with Crippen LogP contribution < -0.4 is 0 Å². The number of benzene rings is 2. The molecule has 0 heterocycles. The number of hydrogen-bond donors (Lipinski definition) is 0. The van der Waals surface area contributed by atoms with Crippen LogP contribution in [-0.2, 0) is 9.53 Å². The normalized spacial score (nSPS) is 22.7. The third kappa shape index (κ3) is 3.57. The molecule has 1 fully saturated rings. The molecule has 0 amide bonds. The third-order valence-corrected chi connectivity index (χ3v) is 5.19. The van der Waals surface area contributed by atoms with E-state index in [2.05, 4.69) is 42.5 Å². The predicted molar refractivity (Wildman–Crippen MR) is 94.5 cm³/mol. The summed E-state index contributed by atoms with van der Waals surface area (Å²) >= 11 is 0. The smallest absolute Gasteiger partial charge is 0.308 e. The summed E-state index contributed by atoms with van der Waals surface area (Å²) in [5, 5.41) is 2.53. The van der Waals surface area contributed by atoms with Crippen LogP contribution in [0.4, 0.5) is 0 Å². The van der Waals surface area contributed by atoms with Crippen LogP contribution in [0.1, 0.15) is 57.4 Å². The standard InChI is InChI=1S/C21H26O2/c1-3-15(2)21(22)23-20-11-7-6-10-19(20)18-13-12-16-8-4-5-9-17(16)14-18/h4-5,8-9,12-15,19-20H,3,6-7,10-11H2,1-2H3/t15-,19-,20+/m0/s1. The minimum absolute atomic E-state index is 0.00539. The summed E-state index contributed by atoms with van der Waals surface area (Å²) < 4.78 is 5.88. The highest BCUT2D eigenvalue weighted by Crippen LogP contribution is 2.36. The number of esters is 1. The number of hydrogen-bond acceptors (Lipinski definition) is 2. The lowest BCUT2D eigenvalue weighted by Gasteiger charge is -2.32. The topological polar surface area (TPSA) is 26.3 Å². The summed E-state index contributed by atoms with van der Waals surface area (Å²) in [5.41, 5.74) is 1.31. The van der Waals surface area contributed by atoms with E-state index in [9.17, 15) is 4.79 Å². The van der Waals surface area contributed by atoms with Gasteiger partial charge in [-0.25, -0.2) is 0 Å². The first-order valence-corrected chi connectivity index (χ1v) is 8.88.